The van der Waals surface area contributed by atoms with E-state index in [1.54, 1.807) is 0 Å². The van der Waals surface area contributed by atoms with Crippen LogP contribution >= 0.6 is 0 Å². The average Bonchev–Trinajstić information content (AvgIpc) is 2.76. The molecule has 0 unspecified atom stereocenters. The van der Waals surface area contributed by atoms with Crippen molar-refractivity contribution in [3.05, 3.63) is 35.9 Å². The molecule has 0 aliphatic heterocycles. The molecule has 0 spiro atoms. The number of carbonyl (C=O) groups excluding carboxylic acids is 1. The maximum atomic E-state index is 11.9. The van der Waals surface area contributed by atoms with Crippen molar-refractivity contribution in [3.63, 3.8) is 0 Å². The fraction of sp³-hybridized carbons (Fsp3) is 0.500. The van der Waals surface area contributed by atoms with Crippen LogP contribution in [0.5, 0.6) is 0 Å². The van der Waals surface area contributed by atoms with Crippen molar-refractivity contribution in [1.29, 1.82) is 0 Å². The summed E-state index contributed by atoms with van der Waals surface area (Å²) in [5.41, 5.74) is 6.95. The molecule has 0 heterocycles. The van der Waals surface area contributed by atoms with Crippen LogP contribution < -0.4 is 11.1 Å². The summed E-state index contributed by atoms with van der Waals surface area (Å²) in [5, 5.41) is 12.3. The summed E-state index contributed by atoms with van der Waals surface area (Å²) in [7, 11) is 0. The van der Waals surface area contributed by atoms with Crippen LogP contribution in [-0.4, -0.2) is 29.2 Å². The van der Waals surface area contributed by atoms with Crippen molar-refractivity contribution in [2.24, 2.45) is 5.73 Å². The van der Waals surface area contributed by atoms with Crippen LogP contribution in [-0.2, 0) is 11.2 Å². The molecule has 4 heteroatoms. The molecule has 1 saturated carbocycles. The molecule has 2 rings (SSSR count). The van der Waals surface area contributed by atoms with E-state index in [0.29, 0.717) is 12.8 Å². The van der Waals surface area contributed by atoms with Crippen LogP contribution in [0.15, 0.2) is 30.3 Å². The van der Waals surface area contributed by atoms with Crippen LogP contribution in [0.25, 0.3) is 0 Å². The SMILES string of the molecule is N[C@@H](Cc1ccccc1)C(=O)N[C@H]1CC[C@@H](O)C1. The van der Waals surface area contributed by atoms with Gasteiger partial charge in [0.25, 0.3) is 0 Å². The van der Waals surface area contributed by atoms with E-state index < -0.39 is 6.04 Å². The lowest BCUT2D eigenvalue weighted by Crippen LogP contribution is -2.45. The third-order valence-electron chi connectivity index (χ3n) is 3.39. The van der Waals surface area contributed by atoms with Crippen molar-refractivity contribution >= 4 is 5.91 Å². The number of nitrogens with one attached hydrogen (secondary N) is 1. The minimum absolute atomic E-state index is 0.0781. The molecule has 0 aromatic heterocycles. The van der Waals surface area contributed by atoms with Crippen molar-refractivity contribution in [2.75, 3.05) is 0 Å². The third-order valence-corrected chi connectivity index (χ3v) is 3.39. The Labute approximate surface area is 107 Å². The normalized spacial score (nSPS) is 24.8. The number of rotatable bonds is 4. The molecule has 4 nitrogen and oxygen atoms in total. The smallest absolute Gasteiger partial charge is 0.237 e. The number of hydrogen-bond acceptors (Lipinski definition) is 3. The maximum Gasteiger partial charge on any atom is 0.237 e. The standard InChI is InChI=1S/C14H20N2O2/c15-13(8-10-4-2-1-3-5-10)14(18)16-11-6-7-12(17)9-11/h1-5,11-13,17H,6-9,15H2,(H,16,18)/t11-,12+,13-/m0/s1. The number of nitrogens with two attached hydrogens (primary N) is 1. The average molecular weight is 248 g/mol. The molecule has 0 radical (unpaired) electrons. The predicted octanol–water partition coefficient (Wildman–Crippen LogP) is 0.586. The van der Waals surface area contributed by atoms with E-state index >= 15 is 0 Å². The van der Waals surface area contributed by atoms with Gasteiger partial charge in [-0.15, -0.1) is 0 Å². The van der Waals surface area contributed by atoms with Crippen molar-refractivity contribution < 1.29 is 9.90 Å². The zero-order valence-corrected chi connectivity index (χ0v) is 10.4. The van der Waals surface area contributed by atoms with E-state index in [1.807, 2.05) is 30.3 Å². The van der Waals surface area contributed by atoms with Gasteiger partial charge in [0.05, 0.1) is 12.1 Å². The Kier molecular flexibility index (Phi) is 4.33. The second-order valence-electron chi connectivity index (χ2n) is 4.97. The van der Waals surface area contributed by atoms with Gasteiger partial charge in [-0.1, -0.05) is 30.3 Å². The van der Waals surface area contributed by atoms with Crippen LogP contribution in [0, 0.1) is 0 Å². The second-order valence-corrected chi connectivity index (χ2v) is 4.97. The molecule has 1 aromatic carbocycles. The fourth-order valence-corrected chi connectivity index (χ4v) is 2.36. The number of benzene rings is 1. The molecule has 98 valence electrons. The lowest BCUT2D eigenvalue weighted by Gasteiger charge is -2.16. The molecular formula is C14H20N2O2. The van der Waals surface area contributed by atoms with Gasteiger partial charge in [-0.3, -0.25) is 4.79 Å². The molecule has 1 aliphatic carbocycles. The Morgan fingerprint density at radius 3 is 2.72 bits per heavy atom. The highest BCUT2D eigenvalue weighted by molar-refractivity contribution is 5.82. The van der Waals surface area contributed by atoms with Gasteiger partial charge in [0.1, 0.15) is 0 Å². The second kappa shape index (κ2) is 5.98. The summed E-state index contributed by atoms with van der Waals surface area (Å²) in [4.78, 5) is 11.9. The topological polar surface area (TPSA) is 75.4 Å². The quantitative estimate of drug-likeness (QED) is 0.730. The van der Waals surface area contributed by atoms with Gasteiger partial charge >= 0.3 is 0 Å². The molecule has 1 fully saturated rings. The number of aliphatic hydroxyl groups is 1. The summed E-state index contributed by atoms with van der Waals surface area (Å²) < 4.78 is 0. The highest BCUT2D eigenvalue weighted by atomic mass is 16.3. The van der Waals surface area contributed by atoms with Crippen LogP contribution in [0.2, 0.25) is 0 Å². The minimum Gasteiger partial charge on any atom is -0.393 e. The lowest BCUT2D eigenvalue weighted by molar-refractivity contribution is -0.123. The summed E-state index contributed by atoms with van der Waals surface area (Å²) in [6.07, 6.45) is 2.51. The van der Waals surface area contributed by atoms with Crippen molar-refractivity contribution in [2.45, 2.75) is 43.9 Å². The van der Waals surface area contributed by atoms with E-state index in [9.17, 15) is 9.90 Å². The highest BCUT2D eigenvalue weighted by Crippen LogP contribution is 2.18. The summed E-state index contributed by atoms with van der Waals surface area (Å²) >= 11 is 0. The first kappa shape index (κ1) is 13.1. The first-order valence-corrected chi connectivity index (χ1v) is 6.43. The maximum absolute atomic E-state index is 11.9. The number of amides is 1. The predicted molar refractivity (Wildman–Crippen MR) is 69.9 cm³/mol. The lowest BCUT2D eigenvalue weighted by atomic mass is 10.1. The highest BCUT2D eigenvalue weighted by Gasteiger charge is 2.25. The summed E-state index contributed by atoms with van der Waals surface area (Å²) in [5.74, 6) is -0.127. The Morgan fingerprint density at radius 1 is 1.39 bits per heavy atom. The number of carbonyl (C=O) groups is 1. The van der Waals surface area contributed by atoms with E-state index in [0.717, 1.165) is 18.4 Å². The summed E-state index contributed by atoms with van der Waals surface area (Å²) in [6.45, 7) is 0. The Bertz CT molecular complexity index is 394. The van der Waals surface area contributed by atoms with Crippen LogP contribution in [0.4, 0.5) is 0 Å². The number of aliphatic hydroxyl groups excluding tert-OH is 1. The Morgan fingerprint density at radius 2 is 2.11 bits per heavy atom. The minimum atomic E-state index is -0.523. The first-order valence-electron chi connectivity index (χ1n) is 6.43. The molecule has 3 atom stereocenters. The molecule has 0 bridgehead atoms. The molecule has 0 saturated heterocycles. The van der Waals surface area contributed by atoms with Crippen LogP contribution in [0.3, 0.4) is 0 Å². The zero-order valence-electron chi connectivity index (χ0n) is 10.4. The van der Waals surface area contributed by atoms with Crippen molar-refractivity contribution in [1.82, 2.24) is 5.32 Å². The van der Waals surface area contributed by atoms with E-state index in [-0.39, 0.29) is 18.1 Å². The van der Waals surface area contributed by atoms with Gasteiger partial charge in [-0.25, -0.2) is 0 Å². The molecule has 1 aromatic rings. The van der Waals surface area contributed by atoms with Crippen LogP contribution in [0.1, 0.15) is 24.8 Å². The van der Waals surface area contributed by atoms with Gasteiger partial charge < -0.3 is 16.2 Å². The van der Waals surface area contributed by atoms with E-state index in [2.05, 4.69) is 5.32 Å². The molecule has 4 N–H and O–H groups in total. The number of hydrogen-bond donors (Lipinski definition) is 3. The third kappa shape index (κ3) is 3.55. The molecule has 1 aliphatic rings. The van der Waals surface area contributed by atoms with Gasteiger partial charge in [0, 0.05) is 6.04 Å². The van der Waals surface area contributed by atoms with Gasteiger partial charge in [0.15, 0.2) is 0 Å². The molecular weight excluding hydrogens is 228 g/mol. The zero-order chi connectivity index (χ0) is 13.0. The van der Waals surface area contributed by atoms with E-state index in [1.165, 1.54) is 0 Å². The molecule has 18 heavy (non-hydrogen) atoms. The van der Waals surface area contributed by atoms with Gasteiger partial charge in [-0.05, 0) is 31.2 Å². The Balaban J connectivity index is 1.82. The Hall–Kier alpha value is -1.39. The monoisotopic (exact) mass is 248 g/mol. The summed E-state index contributed by atoms with van der Waals surface area (Å²) in [6, 6.07) is 9.30. The molecule has 1 amide bonds. The van der Waals surface area contributed by atoms with Crippen molar-refractivity contribution in [3.8, 4) is 0 Å². The largest absolute Gasteiger partial charge is 0.393 e. The first-order chi connectivity index (χ1) is 8.65. The van der Waals surface area contributed by atoms with Gasteiger partial charge in [-0.2, -0.15) is 0 Å². The fourth-order valence-electron chi connectivity index (χ4n) is 2.36. The van der Waals surface area contributed by atoms with E-state index in [4.69, 9.17) is 5.73 Å². The van der Waals surface area contributed by atoms with Gasteiger partial charge in [0.2, 0.25) is 5.91 Å².